The summed E-state index contributed by atoms with van der Waals surface area (Å²) in [6, 6.07) is 4.45. The molecule has 0 aliphatic heterocycles. The van der Waals surface area contributed by atoms with E-state index in [0.717, 1.165) is 5.92 Å². The van der Waals surface area contributed by atoms with Crippen LogP contribution >= 0.6 is 0 Å². The molecule has 0 atom stereocenters. The average molecular weight is 200 g/mol. The summed E-state index contributed by atoms with van der Waals surface area (Å²) in [5.74, 6) is 0.767. The Morgan fingerprint density at radius 3 is 2.87 bits per heavy atom. The lowest BCUT2D eigenvalue weighted by molar-refractivity contribution is 0.435. The first-order valence-corrected chi connectivity index (χ1v) is 5.86. The van der Waals surface area contributed by atoms with Crippen molar-refractivity contribution in [3.63, 3.8) is 0 Å². The van der Waals surface area contributed by atoms with Crippen molar-refractivity contribution >= 4 is 5.52 Å². The van der Waals surface area contributed by atoms with Crippen LogP contribution in [0.4, 0.5) is 0 Å². The van der Waals surface area contributed by atoms with Gasteiger partial charge in [0.1, 0.15) is 0 Å². The summed E-state index contributed by atoms with van der Waals surface area (Å²) in [7, 11) is 0. The van der Waals surface area contributed by atoms with Gasteiger partial charge in [0.05, 0.1) is 11.7 Å². The zero-order valence-electron chi connectivity index (χ0n) is 8.89. The molecular weight excluding hydrogens is 184 g/mol. The molecule has 1 fully saturated rings. The molecule has 0 amide bonds. The molecule has 0 aromatic carbocycles. The molecule has 0 N–H and O–H groups in total. The number of nitrogens with zero attached hydrogens (tertiary/aromatic N) is 2. The van der Waals surface area contributed by atoms with E-state index < -0.39 is 0 Å². The van der Waals surface area contributed by atoms with Crippen LogP contribution in [0.15, 0.2) is 30.7 Å². The summed E-state index contributed by atoms with van der Waals surface area (Å²) in [6.45, 7) is 0. The van der Waals surface area contributed by atoms with Gasteiger partial charge in [-0.2, -0.15) is 0 Å². The first-order chi connectivity index (χ1) is 7.45. The second kappa shape index (κ2) is 3.69. The van der Waals surface area contributed by atoms with Crippen molar-refractivity contribution < 1.29 is 0 Å². The summed E-state index contributed by atoms with van der Waals surface area (Å²) in [5, 5.41) is 0. The zero-order chi connectivity index (χ0) is 10.1. The van der Waals surface area contributed by atoms with E-state index in [1.165, 1.54) is 43.3 Å². The third-order valence-corrected chi connectivity index (χ3v) is 3.51. The molecular formula is C13H16N2. The van der Waals surface area contributed by atoms with E-state index in [1.807, 2.05) is 12.4 Å². The summed E-state index contributed by atoms with van der Waals surface area (Å²) in [5.41, 5.74) is 2.70. The predicted octanol–water partition coefficient (Wildman–Crippen LogP) is 3.38. The van der Waals surface area contributed by atoms with Crippen molar-refractivity contribution in [3.8, 4) is 0 Å². The first kappa shape index (κ1) is 8.96. The van der Waals surface area contributed by atoms with Gasteiger partial charge in [0, 0.05) is 18.1 Å². The van der Waals surface area contributed by atoms with Crippen LogP contribution in [0.2, 0.25) is 0 Å². The van der Waals surface area contributed by atoms with Gasteiger partial charge in [0.25, 0.3) is 0 Å². The Balaban J connectivity index is 2.02. The Labute approximate surface area is 90.0 Å². The van der Waals surface area contributed by atoms with Crippen molar-refractivity contribution in [2.24, 2.45) is 0 Å². The fourth-order valence-corrected chi connectivity index (χ4v) is 2.71. The molecule has 3 rings (SSSR count). The molecule has 2 nitrogen and oxygen atoms in total. The third-order valence-electron chi connectivity index (χ3n) is 3.51. The van der Waals surface area contributed by atoms with Crippen molar-refractivity contribution in [2.45, 2.75) is 38.0 Å². The van der Waals surface area contributed by atoms with Crippen LogP contribution in [0.3, 0.4) is 0 Å². The number of fused-ring (bicyclic) bond motifs is 1. The normalized spacial score (nSPS) is 18.4. The molecule has 2 aromatic rings. The SMILES string of the molecule is c1cn2c(C3CCCCC3)ccc2cn1. The van der Waals surface area contributed by atoms with E-state index in [0.29, 0.717) is 0 Å². The predicted molar refractivity (Wildman–Crippen MR) is 61.0 cm³/mol. The smallest absolute Gasteiger partial charge is 0.0636 e. The molecule has 0 unspecified atom stereocenters. The van der Waals surface area contributed by atoms with Crippen LogP contribution in [0, 0.1) is 0 Å². The Morgan fingerprint density at radius 1 is 1.13 bits per heavy atom. The van der Waals surface area contributed by atoms with E-state index in [1.54, 1.807) is 0 Å². The summed E-state index contributed by atoms with van der Waals surface area (Å²) < 4.78 is 2.29. The van der Waals surface area contributed by atoms with Crippen LogP contribution in [0.1, 0.15) is 43.7 Å². The van der Waals surface area contributed by atoms with Gasteiger partial charge in [-0.15, -0.1) is 0 Å². The lowest BCUT2D eigenvalue weighted by atomic mass is 9.87. The fraction of sp³-hybridized carbons (Fsp3) is 0.462. The van der Waals surface area contributed by atoms with Crippen molar-refractivity contribution in [1.29, 1.82) is 0 Å². The molecule has 0 radical (unpaired) electrons. The highest BCUT2D eigenvalue weighted by Gasteiger charge is 2.17. The van der Waals surface area contributed by atoms with Gasteiger partial charge in [-0.25, -0.2) is 0 Å². The minimum absolute atomic E-state index is 0.767. The fourth-order valence-electron chi connectivity index (χ4n) is 2.71. The maximum atomic E-state index is 4.15. The lowest BCUT2D eigenvalue weighted by Crippen LogP contribution is -2.07. The highest BCUT2D eigenvalue weighted by atomic mass is 14.9. The number of hydrogen-bond acceptors (Lipinski definition) is 1. The second-order valence-corrected chi connectivity index (χ2v) is 4.46. The molecule has 2 heterocycles. The Bertz CT molecular complexity index is 452. The van der Waals surface area contributed by atoms with Crippen molar-refractivity contribution in [3.05, 3.63) is 36.4 Å². The van der Waals surface area contributed by atoms with E-state index in [-0.39, 0.29) is 0 Å². The standard InChI is InChI=1S/C13H16N2/c1-2-4-11(5-3-1)13-7-6-12-10-14-8-9-15(12)13/h6-11H,1-5H2. The van der Waals surface area contributed by atoms with E-state index in [2.05, 4.69) is 27.7 Å². The minimum Gasteiger partial charge on any atom is -0.318 e. The molecule has 0 spiro atoms. The lowest BCUT2D eigenvalue weighted by Gasteiger charge is -2.21. The number of rotatable bonds is 1. The van der Waals surface area contributed by atoms with Crippen molar-refractivity contribution in [1.82, 2.24) is 9.38 Å². The maximum Gasteiger partial charge on any atom is 0.0636 e. The zero-order valence-corrected chi connectivity index (χ0v) is 8.89. The third kappa shape index (κ3) is 1.54. The number of aromatic nitrogens is 2. The molecule has 2 heteroatoms. The van der Waals surface area contributed by atoms with E-state index in [9.17, 15) is 0 Å². The van der Waals surface area contributed by atoms with Crippen LogP contribution in [-0.4, -0.2) is 9.38 Å². The molecule has 2 aromatic heterocycles. The summed E-state index contributed by atoms with van der Waals surface area (Å²) >= 11 is 0. The second-order valence-electron chi connectivity index (χ2n) is 4.46. The summed E-state index contributed by atoms with van der Waals surface area (Å²) in [4.78, 5) is 4.15. The van der Waals surface area contributed by atoms with Gasteiger partial charge < -0.3 is 4.40 Å². The molecule has 1 aliphatic carbocycles. The monoisotopic (exact) mass is 200 g/mol. The first-order valence-electron chi connectivity index (χ1n) is 5.86. The van der Waals surface area contributed by atoms with E-state index in [4.69, 9.17) is 0 Å². The van der Waals surface area contributed by atoms with Gasteiger partial charge in [-0.3, -0.25) is 4.98 Å². The Kier molecular flexibility index (Phi) is 2.20. The Morgan fingerprint density at radius 2 is 2.00 bits per heavy atom. The van der Waals surface area contributed by atoms with Crippen LogP contribution in [-0.2, 0) is 0 Å². The van der Waals surface area contributed by atoms with Crippen LogP contribution in [0.25, 0.3) is 5.52 Å². The van der Waals surface area contributed by atoms with Crippen LogP contribution < -0.4 is 0 Å². The van der Waals surface area contributed by atoms with Gasteiger partial charge in [-0.1, -0.05) is 19.3 Å². The van der Waals surface area contributed by atoms with Gasteiger partial charge >= 0.3 is 0 Å². The molecule has 0 saturated heterocycles. The minimum atomic E-state index is 0.767. The quantitative estimate of drug-likeness (QED) is 0.689. The highest BCUT2D eigenvalue weighted by Crippen LogP contribution is 2.33. The summed E-state index contributed by atoms with van der Waals surface area (Å²) in [6.07, 6.45) is 12.8. The van der Waals surface area contributed by atoms with Gasteiger partial charge in [-0.05, 0) is 30.9 Å². The molecule has 0 bridgehead atoms. The van der Waals surface area contributed by atoms with Gasteiger partial charge in [0.15, 0.2) is 0 Å². The topological polar surface area (TPSA) is 17.3 Å². The molecule has 1 aliphatic rings. The Hall–Kier alpha value is -1.31. The highest BCUT2D eigenvalue weighted by molar-refractivity contribution is 5.47. The molecule has 15 heavy (non-hydrogen) atoms. The maximum absolute atomic E-state index is 4.15. The van der Waals surface area contributed by atoms with Crippen LogP contribution in [0.5, 0.6) is 0 Å². The average Bonchev–Trinajstić information content (AvgIpc) is 2.74. The largest absolute Gasteiger partial charge is 0.318 e. The molecule has 1 saturated carbocycles. The van der Waals surface area contributed by atoms with E-state index >= 15 is 0 Å². The molecule has 78 valence electrons. The van der Waals surface area contributed by atoms with Gasteiger partial charge in [0.2, 0.25) is 0 Å². The van der Waals surface area contributed by atoms with Crippen molar-refractivity contribution in [2.75, 3.05) is 0 Å². The number of hydrogen-bond donors (Lipinski definition) is 0.